The quantitative estimate of drug-likeness (QED) is 0.608. The SMILES string of the molecule is COc1ccc(CN2CC(=O)N3CC[C@@H](CC(=O)NC4CC4)[C@@H](C=CCOc4ccccc4C2)C3)cc1. The molecule has 0 aromatic heterocycles. The van der Waals surface area contributed by atoms with Crippen molar-refractivity contribution >= 4 is 11.8 Å². The first-order chi connectivity index (χ1) is 18.1. The van der Waals surface area contributed by atoms with Crippen LogP contribution in [-0.2, 0) is 22.7 Å². The van der Waals surface area contributed by atoms with Crippen LogP contribution < -0.4 is 14.8 Å². The molecule has 0 radical (unpaired) electrons. The topological polar surface area (TPSA) is 71.1 Å². The fraction of sp³-hybridized carbons (Fsp3) is 0.467. The largest absolute Gasteiger partial charge is 0.497 e. The van der Waals surface area contributed by atoms with Crippen LogP contribution in [0.15, 0.2) is 60.7 Å². The maximum absolute atomic E-state index is 13.6. The Morgan fingerprint density at radius 2 is 1.89 bits per heavy atom. The number of carbonyl (C=O) groups is 2. The number of carbonyl (C=O) groups excluding carboxylic acids is 2. The molecule has 2 amide bonds. The minimum atomic E-state index is 0.130. The molecule has 5 rings (SSSR count). The predicted molar refractivity (Wildman–Crippen MR) is 142 cm³/mol. The highest BCUT2D eigenvalue weighted by Crippen LogP contribution is 2.30. The Morgan fingerprint density at radius 1 is 1.08 bits per heavy atom. The molecule has 0 spiro atoms. The number of piperidine rings is 1. The Bertz CT molecular complexity index is 1110. The highest BCUT2D eigenvalue weighted by molar-refractivity contribution is 5.79. The van der Waals surface area contributed by atoms with Crippen molar-refractivity contribution in [3.8, 4) is 11.5 Å². The van der Waals surface area contributed by atoms with Crippen LogP contribution in [0, 0.1) is 11.8 Å². The molecule has 2 atom stereocenters. The summed E-state index contributed by atoms with van der Waals surface area (Å²) in [5, 5.41) is 3.12. The molecule has 1 saturated heterocycles. The first-order valence-corrected chi connectivity index (χ1v) is 13.4. The van der Waals surface area contributed by atoms with Gasteiger partial charge in [-0.1, -0.05) is 42.5 Å². The fourth-order valence-electron chi connectivity index (χ4n) is 5.31. The average molecular weight is 504 g/mol. The molecule has 3 aliphatic rings. The standard InChI is InChI=1S/C30H37N3O4/c1-36-27-12-8-22(9-13-27)18-32-19-25-5-2-3-7-28(25)37-16-4-6-24-20-33(30(35)21-32)15-14-23(24)17-29(34)31-26-10-11-26/h2-9,12-13,23-24,26H,10-11,14-21H2,1H3,(H,31,34)/t23-,24-/m0/s1. The summed E-state index contributed by atoms with van der Waals surface area (Å²) >= 11 is 0. The molecule has 7 nitrogen and oxygen atoms in total. The summed E-state index contributed by atoms with van der Waals surface area (Å²) in [5.74, 6) is 2.28. The monoisotopic (exact) mass is 503 g/mol. The van der Waals surface area contributed by atoms with Crippen molar-refractivity contribution in [1.29, 1.82) is 0 Å². The molecule has 1 N–H and O–H groups in total. The molecule has 2 aromatic rings. The van der Waals surface area contributed by atoms with Crippen LogP contribution in [0.5, 0.6) is 11.5 Å². The van der Waals surface area contributed by atoms with E-state index in [2.05, 4.69) is 22.4 Å². The number of hydrogen-bond donors (Lipinski definition) is 1. The maximum atomic E-state index is 13.6. The predicted octanol–water partition coefficient (Wildman–Crippen LogP) is 3.78. The third kappa shape index (κ3) is 6.92. The van der Waals surface area contributed by atoms with Crippen LogP contribution in [0.4, 0.5) is 0 Å². The van der Waals surface area contributed by atoms with E-state index in [-0.39, 0.29) is 23.7 Å². The van der Waals surface area contributed by atoms with Crippen molar-refractivity contribution in [3.63, 3.8) is 0 Å². The smallest absolute Gasteiger partial charge is 0.236 e. The number of nitrogens with one attached hydrogen (secondary N) is 1. The van der Waals surface area contributed by atoms with Crippen LogP contribution in [-0.4, -0.2) is 61.0 Å². The zero-order valence-corrected chi connectivity index (χ0v) is 21.6. The number of rotatable bonds is 6. The normalized spacial score (nSPS) is 22.6. The summed E-state index contributed by atoms with van der Waals surface area (Å²) in [6.45, 7) is 3.36. The van der Waals surface area contributed by atoms with Crippen LogP contribution in [0.2, 0.25) is 0 Å². The molecule has 0 unspecified atom stereocenters. The van der Waals surface area contributed by atoms with E-state index >= 15 is 0 Å². The molecule has 37 heavy (non-hydrogen) atoms. The minimum absolute atomic E-state index is 0.130. The number of hydrogen-bond acceptors (Lipinski definition) is 5. The zero-order valence-electron chi connectivity index (χ0n) is 21.6. The summed E-state index contributed by atoms with van der Waals surface area (Å²) < 4.78 is 11.5. The van der Waals surface area contributed by atoms with Gasteiger partial charge >= 0.3 is 0 Å². The second-order valence-corrected chi connectivity index (χ2v) is 10.4. The Hall–Kier alpha value is -3.32. The van der Waals surface area contributed by atoms with Crippen molar-refractivity contribution < 1.29 is 19.1 Å². The summed E-state index contributed by atoms with van der Waals surface area (Å²) in [5.41, 5.74) is 2.18. The third-order valence-electron chi connectivity index (χ3n) is 7.56. The maximum Gasteiger partial charge on any atom is 0.236 e. The van der Waals surface area contributed by atoms with Crippen molar-refractivity contribution in [2.75, 3.05) is 33.4 Å². The van der Waals surface area contributed by atoms with Gasteiger partial charge in [0.2, 0.25) is 11.8 Å². The molecule has 1 aliphatic carbocycles. The van der Waals surface area contributed by atoms with Crippen LogP contribution >= 0.6 is 0 Å². The van der Waals surface area contributed by atoms with Gasteiger partial charge in [-0.05, 0) is 54.9 Å². The van der Waals surface area contributed by atoms with Gasteiger partial charge in [0.1, 0.15) is 18.1 Å². The van der Waals surface area contributed by atoms with E-state index in [1.54, 1.807) is 7.11 Å². The second kappa shape index (κ2) is 11.8. The van der Waals surface area contributed by atoms with E-state index in [1.165, 1.54) is 0 Å². The lowest BCUT2D eigenvalue weighted by molar-refractivity contribution is -0.135. The zero-order chi connectivity index (χ0) is 25.6. The lowest BCUT2D eigenvalue weighted by Gasteiger charge is -2.38. The number of nitrogens with zero attached hydrogens (tertiary/aromatic N) is 2. The number of para-hydroxylation sites is 1. The molecular formula is C30H37N3O4. The summed E-state index contributed by atoms with van der Waals surface area (Å²) in [6, 6.07) is 16.4. The molecule has 2 aliphatic heterocycles. The highest BCUT2D eigenvalue weighted by atomic mass is 16.5. The highest BCUT2D eigenvalue weighted by Gasteiger charge is 2.33. The summed E-state index contributed by atoms with van der Waals surface area (Å²) in [7, 11) is 1.66. The van der Waals surface area contributed by atoms with Gasteiger partial charge in [-0.2, -0.15) is 0 Å². The number of fused-ring (bicyclic) bond motifs is 3. The van der Waals surface area contributed by atoms with E-state index in [0.29, 0.717) is 51.8 Å². The fourth-order valence-corrected chi connectivity index (χ4v) is 5.31. The van der Waals surface area contributed by atoms with Gasteiger partial charge in [0, 0.05) is 44.2 Å². The molecule has 2 fully saturated rings. The van der Waals surface area contributed by atoms with Gasteiger partial charge in [0.05, 0.1) is 13.7 Å². The molecular weight excluding hydrogens is 466 g/mol. The minimum Gasteiger partial charge on any atom is -0.497 e. The summed E-state index contributed by atoms with van der Waals surface area (Å²) in [4.78, 5) is 30.3. The van der Waals surface area contributed by atoms with E-state index < -0.39 is 0 Å². The van der Waals surface area contributed by atoms with E-state index in [0.717, 1.165) is 41.9 Å². The van der Waals surface area contributed by atoms with E-state index in [9.17, 15) is 9.59 Å². The van der Waals surface area contributed by atoms with Crippen LogP contribution in [0.3, 0.4) is 0 Å². The number of benzene rings is 2. The van der Waals surface area contributed by atoms with Gasteiger partial charge in [0.15, 0.2) is 0 Å². The lowest BCUT2D eigenvalue weighted by atomic mass is 9.82. The Labute approximate surface area is 219 Å². The third-order valence-corrected chi connectivity index (χ3v) is 7.56. The Kier molecular flexibility index (Phi) is 8.09. The second-order valence-electron chi connectivity index (χ2n) is 10.4. The first kappa shape index (κ1) is 25.3. The average Bonchev–Trinajstić information content (AvgIpc) is 3.72. The Balaban J connectivity index is 1.35. The molecule has 7 heteroatoms. The van der Waals surface area contributed by atoms with Gasteiger partial charge in [-0.3, -0.25) is 14.5 Å². The van der Waals surface area contributed by atoms with Crippen molar-refractivity contribution in [1.82, 2.24) is 15.1 Å². The van der Waals surface area contributed by atoms with Crippen molar-refractivity contribution in [2.45, 2.75) is 44.8 Å². The van der Waals surface area contributed by atoms with Crippen molar-refractivity contribution in [2.24, 2.45) is 11.8 Å². The van der Waals surface area contributed by atoms with Gasteiger partial charge in [0.25, 0.3) is 0 Å². The lowest BCUT2D eigenvalue weighted by Crippen LogP contribution is -2.47. The first-order valence-electron chi connectivity index (χ1n) is 13.4. The van der Waals surface area contributed by atoms with Gasteiger partial charge in [-0.15, -0.1) is 0 Å². The molecule has 196 valence electrons. The number of amides is 2. The van der Waals surface area contributed by atoms with E-state index in [1.807, 2.05) is 53.4 Å². The molecule has 2 aromatic carbocycles. The molecule has 2 heterocycles. The molecule has 1 saturated carbocycles. The van der Waals surface area contributed by atoms with Crippen molar-refractivity contribution in [3.05, 3.63) is 71.8 Å². The van der Waals surface area contributed by atoms with Crippen LogP contribution in [0.25, 0.3) is 0 Å². The number of ether oxygens (including phenoxy) is 2. The number of methoxy groups -OCH3 is 1. The van der Waals surface area contributed by atoms with Gasteiger partial charge in [-0.25, -0.2) is 0 Å². The summed E-state index contributed by atoms with van der Waals surface area (Å²) in [6.07, 6.45) is 7.74. The molecule has 2 bridgehead atoms. The van der Waals surface area contributed by atoms with Crippen LogP contribution in [0.1, 0.15) is 36.8 Å². The Morgan fingerprint density at radius 3 is 2.68 bits per heavy atom. The van der Waals surface area contributed by atoms with E-state index in [4.69, 9.17) is 9.47 Å². The van der Waals surface area contributed by atoms with Gasteiger partial charge < -0.3 is 19.7 Å².